The first-order valence-corrected chi connectivity index (χ1v) is 11.6. The van der Waals surface area contributed by atoms with Crippen LogP contribution >= 0.6 is 11.3 Å². The standard InChI is InChI=1S/C18H24N4O3S2/c1-13-16(18(23)21-7-3-4-8-21)26-17(19-13)15-11-14(12-20(15)2)27(24,25)22-9-5-6-10-22/h11-12H,3-10H2,1-2H3. The highest BCUT2D eigenvalue weighted by Crippen LogP contribution is 2.32. The molecular formula is C18H24N4O3S2. The summed E-state index contributed by atoms with van der Waals surface area (Å²) < 4.78 is 29.0. The van der Waals surface area contributed by atoms with Gasteiger partial charge in [-0.05, 0) is 38.7 Å². The Morgan fingerprint density at radius 1 is 1.11 bits per heavy atom. The SMILES string of the molecule is Cc1nc(-c2cc(S(=O)(=O)N3CCCC3)cn2C)sc1C(=O)N1CCCC1. The summed E-state index contributed by atoms with van der Waals surface area (Å²) in [7, 11) is -1.65. The van der Waals surface area contributed by atoms with Crippen LogP contribution in [0, 0.1) is 6.92 Å². The zero-order valence-electron chi connectivity index (χ0n) is 15.6. The second kappa shape index (κ2) is 7.03. The number of hydrogen-bond donors (Lipinski definition) is 0. The van der Waals surface area contributed by atoms with Gasteiger partial charge in [0.15, 0.2) is 0 Å². The Morgan fingerprint density at radius 2 is 1.74 bits per heavy atom. The van der Waals surface area contributed by atoms with Crippen LogP contribution in [0.25, 0.3) is 10.7 Å². The van der Waals surface area contributed by atoms with Crippen molar-refractivity contribution >= 4 is 27.3 Å². The van der Waals surface area contributed by atoms with Crippen molar-refractivity contribution in [2.45, 2.75) is 37.5 Å². The van der Waals surface area contributed by atoms with E-state index in [0.29, 0.717) is 33.6 Å². The van der Waals surface area contributed by atoms with Gasteiger partial charge in [-0.2, -0.15) is 4.31 Å². The molecular weight excluding hydrogens is 384 g/mol. The number of nitrogens with zero attached hydrogens (tertiary/aromatic N) is 4. The third-order valence-corrected chi connectivity index (χ3v) is 8.32. The van der Waals surface area contributed by atoms with Crippen molar-refractivity contribution in [3.63, 3.8) is 0 Å². The van der Waals surface area contributed by atoms with Gasteiger partial charge in [0.1, 0.15) is 14.8 Å². The zero-order chi connectivity index (χ0) is 19.2. The van der Waals surface area contributed by atoms with E-state index in [1.807, 2.05) is 18.9 Å². The molecule has 2 aliphatic rings. The molecule has 4 rings (SSSR count). The van der Waals surface area contributed by atoms with Crippen molar-refractivity contribution < 1.29 is 13.2 Å². The highest BCUT2D eigenvalue weighted by molar-refractivity contribution is 7.89. The van der Waals surface area contributed by atoms with Crippen LogP contribution < -0.4 is 0 Å². The first-order chi connectivity index (χ1) is 12.9. The molecule has 0 radical (unpaired) electrons. The molecule has 2 aliphatic heterocycles. The summed E-state index contributed by atoms with van der Waals surface area (Å²) in [4.78, 5) is 20.1. The van der Waals surface area contributed by atoms with Crippen LogP contribution in [0.4, 0.5) is 0 Å². The quantitative estimate of drug-likeness (QED) is 0.779. The summed E-state index contributed by atoms with van der Waals surface area (Å²) in [6, 6.07) is 1.68. The van der Waals surface area contributed by atoms with Crippen molar-refractivity contribution in [1.82, 2.24) is 18.8 Å². The molecule has 0 aromatic carbocycles. The summed E-state index contributed by atoms with van der Waals surface area (Å²) in [5, 5.41) is 0.681. The van der Waals surface area contributed by atoms with Crippen molar-refractivity contribution in [1.29, 1.82) is 0 Å². The Kier molecular flexibility index (Phi) is 4.85. The molecule has 0 bridgehead atoms. The van der Waals surface area contributed by atoms with Gasteiger partial charge >= 0.3 is 0 Å². The fraction of sp³-hybridized carbons (Fsp3) is 0.556. The van der Waals surface area contributed by atoms with Crippen LogP contribution in [0.5, 0.6) is 0 Å². The maximum absolute atomic E-state index is 12.8. The number of likely N-dealkylation sites (tertiary alicyclic amines) is 1. The molecule has 2 aromatic heterocycles. The van der Waals surface area contributed by atoms with Gasteiger partial charge in [-0.3, -0.25) is 4.79 Å². The highest BCUT2D eigenvalue weighted by atomic mass is 32.2. The van der Waals surface area contributed by atoms with E-state index in [1.54, 1.807) is 21.1 Å². The second-order valence-electron chi connectivity index (χ2n) is 7.22. The van der Waals surface area contributed by atoms with Crippen LogP contribution in [0.2, 0.25) is 0 Å². The topological polar surface area (TPSA) is 75.5 Å². The number of aryl methyl sites for hydroxylation is 2. The Hall–Kier alpha value is -1.71. The summed E-state index contributed by atoms with van der Waals surface area (Å²) >= 11 is 1.35. The van der Waals surface area contributed by atoms with E-state index in [2.05, 4.69) is 4.98 Å². The molecule has 0 saturated carbocycles. The summed E-state index contributed by atoms with van der Waals surface area (Å²) in [6.07, 6.45) is 5.55. The van der Waals surface area contributed by atoms with E-state index >= 15 is 0 Å². The fourth-order valence-corrected chi connectivity index (χ4v) is 6.42. The third kappa shape index (κ3) is 3.32. The summed E-state index contributed by atoms with van der Waals surface area (Å²) in [5.41, 5.74) is 1.43. The van der Waals surface area contributed by atoms with Crippen molar-refractivity contribution in [2.24, 2.45) is 7.05 Å². The molecule has 9 heteroatoms. The van der Waals surface area contributed by atoms with E-state index in [9.17, 15) is 13.2 Å². The van der Waals surface area contributed by atoms with Gasteiger partial charge in [0, 0.05) is 39.4 Å². The number of amides is 1. The van der Waals surface area contributed by atoms with Crippen LogP contribution in [-0.2, 0) is 17.1 Å². The molecule has 146 valence electrons. The fourth-order valence-electron chi connectivity index (χ4n) is 3.73. The van der Waals surface area contributed by atoms with Gasteiger partial charge in [0.2, 0.25) is 10.0 Å². The number of sulfonamides is 1. The lowest BCUT2D eigenvalue weighted by Gasteiger charge is -2.13. The number of thiazole rings is 1. The van der Waals surface area contributed by atoms with Crippen LogP contribution in [0.15, 0.2) is 17.2 Å². The van der Waals surface area contributed by atoms with E-state index in [0.717, 1.165) is 44.5 Å². The highest BCUT2D eigenvalue weighted by Gasteiger charge is 2.30. The third-order valence-electron chi connectivity index (χ3n) is 5.29. The van der Waals surface area contributed by atoms with Gasteiger partial charge in [-0.25, -0.2) is 13.4 Å². The van der Waals surface area contributed by atoms with Crippen LogP contribution in [0.1, 0.15) is 41.0 Å². The molecule has 0 aliphatic carbocycles. The number of carbonyl (C=O) groups excluding carboxylic acids is 1. The predicted molar refractivity (Wildman–Crippen MR) is 104 cm³/mol. The normalized spacial score (nSPS) is 18.5. The minimum absolute atomic E-state index is 0.0351. The lowest BCUT2D eigenvalue weighted by atomic mass is 10.3. The number of aromatic nitrogens is 2. The molecule has 0 spiro atoms. The average molecular weight is 409 g/mol. The Labute approximate surface area is 163 Å². The molecule has 0 atom stereocenters. The van der Waals surface area contributed by atoms with E-state index in [4.69, 9.17) is 0 Å². The van der Waals surface area contributed by atoms with E-state index in [1.165, 1.54) is 11.3 Å². The molecule has 0 unspecified atom stereocenters. The van der Waals surface area contributed by atoms with Crippen LogP contribution in [0.3, 0.4) is 0 Å². The molecule has 7 nitrogen and oxygen atoms in total. The number of hydrogen-bond acceptors (Lipinski definition) is 5. The van der Waals surface area contributed by atoms with Gasteiger partial charge in [0.05, 0.1) is 11.4 Å². The molecule has 0 N–H and O–H groups in total. The van der Waals surface area contributed by atoms with Gasteiger partial charge in [-0.15, -0.1) is 11.3 Å². The maximum atomic E-state index is 12.8. The minimum Gasteiger partial charge on any atom is -0.347 e. The second-order valence-corrected chi connectivity index (χ2v) is 10.2. The summed E-state index contributed by atoms with van der Waals surface area (Å²) in [6.45, 7) is 4.60. The maximum Gasteiger partial charge on any atom is 0.265 e. The molecule has 2 fully saturated rings. The molecule has 4 heterocycles. The van der Waals surface area contributed by atoms with E-state index in [-0.39, 0.29) is 5.91 Å². The molecule has 27 heavy (non-hydrogen) atoms. The van der Waals surface area contributed by atoms with Gasteiger partial charge in [0.25, 0.3) is 5.91 Å². The first-order valence-electron chi connectivity index (χ1n) is 9.31. The predicted octanol–water partition coefficient (Wildman–Crippen LogP) is 2.48. The van der Waals surface area contributed by atoms with Crippen molar-refractivity contribution in [2.75, 3.05) is 26.2 Å². The van der Waals surface area contributed by atoms with Crippen molar-refractivity contribution in [3.05, 3.63) is 22.8 Å². The summed E-state index contributed by atoms with van der Waals surface area (Å²) in [5.74, 6) is 0.0351. The lowest BCUT2D eigenvalue weighted by molar-refractivity contribution is 0.0796. The van der Waals surface area contributed by atoms with E-state index < -0.39 is 10.0 Å². The first kappa shape index (κ1) is 18.6. The minimum atomic E-state index is -3.47. The van der Waals surface area contributed by atoms with Gasteiger partial charge < -0.3 is 9.47 Å². The van der Waals surface area contributed by atoms with Crippen molar-refractivity contribution in [3.8, 4) is 10.7 Å². The van der Waals surface area contributed by atoms with Gasteiger partial charge in [-0.1, -0.05) is 0 Å². The molecule has 1 amide bonds. The number of carbonyl (C=O) groups is 1. The number of rotatable bonds is 4. The Morgan fingerprint density at radius 3 is 2.41 bits per heavy atom. The lowest BCUT2D eigenvalue weighted by Crippen LogP contribution is -2.27. The smallest absolute Gasteiger partial charge is 0.265 e. The Bertz CT molecular complexity index is 965. The molecule has 2 saturated heterocycles. The Balaban J connectivity index is 1.65. The largest absolute Gasteiger partial charge is 0.347 e. The molecule has 2 aromatic rings. The average Bonchev–Trinajstić information content (AvgIpc) is 3.41. The monoisotopic (exact) mass is 408 g/mol. The van der Waals surface area contributed by atoms with Crippen LogP contribution in [-0.4, -0.2) is 59.3 Å². The zero-order valence-corrected chi connectivity index (χ0v) is 17.3.